The van der Waals surface area contributed by atoms with Gasteiger partial charge in [-0.25, -0.2) is 9.36 Å². The molecule has 5 aromatic rings. The van der Waals surface area contributed by atoms with Crippen molar-refractivity contribution in [2.75, 3.05) is 6.61 Å². The van der Waals surface area contributed by atoms with Gasteiger partial charge in [-0.2, -0.15) is 0 Å². The van der Waals surface area contributed by atoms with Crippen molar-refractivity contribution in [2.45, 2.75) is 76.7 Å². The normalized spacial score (nSPS) is 21.3. The first-order valence-electron chi connectivity index (χ1n) is 16.4. The SMILES string of the molecule is CC(C)(C)OC(=O)n1c([C@H]2O[C@@H](COCc3ccccc3)[C@H](OCc3ccccc3)[C@@H](OCc3ccccc3)[C@H]2O)cc2ccccc21. The van der Waals surface area contributed by atoms with Crippen LogP contribution in [0.5, 0.6) is 0 Å². The Hall–Kier alpha value is -4.31. The molecule has 0 unspecified atom stereocenters. The fourth-order valence-corrected chi connectivity index (χ4v) is 6.00. The first-order valence-corrected chi connectivity index (χ1v) is 16.4. The summed E-state index contributed by atoms with van der Waals surface area (Å²) in [6, 6.07) is 39.0. The number of aliphatic hydroxyl groups is 1. The third kappa shape index (κ3) is 8.21. The zero-order valence-corrected chi connectivity index (χ0v) is 27.6. The second-order valence-corrected chi connectivity index (χ2v) is 13.1. The highest BCUT2D eigenvalue weighted by Crippen LogP contribution is 2.39. The molecule has 0 amide bonds. The van der Waals surface area contributed by atoms with Crippen LogP contribution in [-0.2, 0) is 43.5 Å². The summed E-state index contributed by atoms with van der Waals surface area (Å²) in [5, 5.41) is 13.0. The number of nitrogens with zero attached hydrogens (tertiary/aromatic N) is 1. The minimum Gasteiger partial charge on any atom is -0.443 e. The van der Waals surface area contributed by atoms with Crippen LogP contribution in [0, 0.1) is 0 Å². The van der Waals surface area contributed by atoms with E-state index >= 15 is 0 Å². The maximum absolute atomic E-state index is 13.8. The molecule has 1 aliphatic rings. The Balaban J connectivity index is 1.37. The fraction of sp³-hybridized carbons (Fsp3) is 0.325. The maximum Gasteiger partial charge on any atom is 0.419 e. The van der Waals surface area contributed by atoms with Crippen LogP contribution in [0.4, 0.5) is 4.79 Å². The van der Waals surface area contributed by atoms with Crippen LogP contribution >= 0.6 is 0 Å². The van der Waals surface area contributed by atoms with Crippen molar-refractivity contribution < 1.29 is 33.6 Å². The molecule has 0 bridgehead atoms. The van der Waals surface area contributed by atoms with E-state index in [1.165, 1.54) is 4.57 Å². The van der Waals surface area contributed by atoms with Crippen LogP contribution in [0.1, 0.15) is 49.3 Å². The van der Waals surface area contributed by atoms with Gasteiger partial charge in [0, 0.05) is 5.39 Å². The highest BCUT2D eigenvalue weighted by molar-refractivity contribution is 5.91. The predicted octanol–water partition coefficient (Wildman–Crippen LogP) is 7.61. The second kappa shape index (κ2) is 15.3. The molecule has 8 nitrogen and oxygen atoms in total. The molecule has 5 atom stereocenters. The van der Waals surface area contributed by atoms with Crippen molar-refractivity contribution in [1.29, 1.82) is 0 Å². The molecule has 1 saturated heterocycles. The van der Waals surface area contributed by atoms with Crippen molar-refractivity contribution in [3.8, 4) is 0 Å². The summed E-state index contributed by atoms with van der Waals surface area (Å²) in [5.41, 5.74) is 3.32. The molecular formula is C40H43NO7. The van der Waals surface area contributed by atoms with Gasteiger partial charge in [-0.3, -0.25) is 0 Å². The monoisotopic (exact) mass is 649 g/mol. The number of rotatable bonds is 11. The van der Waals surface area contributed by atoms with E-state index in [1.807, 2.05) is 142 Å². The lowest BCUT2D eigenvalue weighted by atomic mass is 9.92. The number of carbonyl (C=O) groups is 1. The number of hydrogen-bond acceptors (Lipinski definition) is 7. The number of aliphatic hydroxyl groups excluding tert-OH is 1. The van der Waals surface area contributed by atoms with Crippen LogP contribution < -0.4 is 0 Å². The summed E-state index contributed by atoms with van der Waals surface area (Å²) in [5.74, 6) is 0. The van der Waals surface area contributed by atoms with E-state index in [2.05, 4.69) is 0 Å². The number of benzene rings is 4. The van der Waals surface area contributed by atoms with Crippen molar-refractivity contribution in [2.24, 2.45) is 0 Å². The quantitative estimate of drug-likeness (QED) is 0.158. The molecule has 6 rings (SSSR count). The van der Waals surface area contributed by atoms with Gasteiger partial charge in [-0.1, -0.05) is 109 Å². The van der Waals surface area contributed by atoms with Gasteiger partial charge in [0.25, 0.3) is 0 Å². The van der Waals surface area contributed by atoms with Gasteiger partial charge in [0.05, 0.1) is 37.6 Å². The van der Waals surface area contributed by atoms with E-state index in [0.717, 1.165) is 22.1 Å². The van der Waals surface area contributed by atoms with E-state index in [9.17, 15) is 9.90 Å². The molecule has 250 valence electrons. The topological polar surface area (TPSA) is 88.4 Å². The molecule has 2 heterocycles. The van der Waals surface area contributed by atoms with E-state index in [4.69, 9.17) is 23.7 Å². The van der Waals surface area contributed by atoms with Crippen molar-refractivity contribution >= 4 is 17.0 Å². The summed E-state index contributed by atoms with van der Waals surface area (Å²) in [4.78, 5) is 13.8. The Morgan fingerprint density at radius 3 is 1.83 bits per heavy atom. The third-order valence-electron chi connectivity index (χ3n) is 8.23. The average Bonchev–Trinajstić information content (AvgIpc) is 3.48. The molecule has 0 spiro atoms. The number of ether oxygens (including phenoxy) is 5. The maximum atomic E-state index is 13.8. The zero-order valence-electron chi connectivity index (χ0n) is 27.6. The van der Waals surface area contributed by atoms with Gasteiger partial charge < -0.3 is 28.8 Å². The molecule has 1 fully saturated rings. The summed E-state index contributed by atoms with van der Waals surface area (Å²) in [6.45, 7) is 6.53. The standard InChI is InChI=1S/C40H43NO7/c1-40(2,3)48-39(43)41-32-22-14-13-21-31(32)23-33(41)36-35(42)38(46-26-30-19-11-6-12-20-30)37(45-25-29-17-9-5-10-18-29)34(47-36)27-44-24-28-15-7-4-8-16-28/h4-23,34-38,42H,24-27H2,1-3H3/t34-,35-,36+,37-,38-/m0/s1. The molecule has 0 saturated carbocycles. The number of aromatic nitrogens is 1. The van der Waals surface area contributed by atoms with Gasteiger partial charge in [-0.15, -0.1) is 0 Å². The molecule has 48 heavy (non-hydrogen) atoms. The molecular weight excluding hydrogens is 606 g/mol. The van der Waals surface area contributed by atoms with E-state index in [0.29, 0.717) is 17.8 Å². The van der Waals surface area contributed by atoms with E-state index in [1.54, 1.807) is 0 Å². The number of carbonyl (C=O) groups excluding carboxylic acids is 1. The predicted molar refractivity (Wildman–Crippen MR) is 183 cm³/mol. The Morgan fingerprint density at radius 1 is 0.729 bits per heavy atom. The molecule has 1 aliphatic heterocycles. The van der Waals surface area contributed by atoms with Crippen molar-refractivity contribution in [1.82, 2.24) is 4.57 Å². The van der Waals surface area contributed by atoms with Crippen LogP contribution in [0.3, 0.4) is 0 Å². The van der Waals surface area contributed by atoms with Crippen molar-refractivity contribution in [3.05, 3.63) is 144 Å². The van der Waals surface area contributed by atoms with Gasteiger partial charge in [0.1, 0.15) is 36.1 Å². The molecule has 1 aromatic heterocycles. The summed E-state index contributed by atoms with van der Waals surface area (Å²) < 4.78 is 33.4. The van der Waals surface area contributed by atoms with Gasteiger partial charge in [0.2, 0.25) is 0 Å². The number of hydrogen-bond donors (Lipinski definition) is 1. The first kappa shape index (κ1) is 33.6. The van der Waals surface area contributed by atoms with Crippen LogP contribution in [-0.4, -0.2) is 52.4 Å². The number of para-hydroxylation sites is 1. The second-order valence-electron chi connectivity index (χ2n) is 13.1. The minimum absolute atomic E-state index is 0.162. The smallest absolute Gasteiger partial charge is 0.419 e. The van der Waals surface area contributed by atoms with Gasteiger partial charge >= 0.3 is 6.09 Å². The van der Waals surface area contributed by atoms with Gasteiger partial charge in [-0.05, 0) is 49.6 Å². The molecule has 0 aliphatic carbocycles. The van der Waals surface area contributed by atoms with Crippen LogP contribution in [0.15, 0.2) is 121 Å². The highest BCUT2D eigenvalue weighted by Gasteiger charge is 2.49. The zero-order chi connectivity index (χ0) is 33.5. The summed E-state index contributed by atoms with van der Waals surface area (Å²) >= 11 is 0. The fourth-order valence-electron chi connectivity index (χ4n) is 6.00. The summed E-state index contributed by atoms with van der Waals surface area (Å²) in [6.07, 6.45) is -4.91. The van der Waals surface area contributed by atoms with E-state index in [-0.39, 0.29) is 19.8 Å². The molecule has 8 heteroatoms. The lowest BCUT2D eigenvalue weighted by Crippen LogP contribution is -2.57. The Kier molecular flexibility index (Phi) is 10.7. The Bertz CT molecular complexity index is 1750. The van der Waals surface area contributed by atoms with Gasteiger partial charge in [0.15, 0.2) is 0 Å². The third-order valence-corrected chi connectivity index (χ3v) is 8.23. The molecule has 4 aromatic carbocycles. The first-order chi connectivity index (χ1) is 23.3. The lowest BCUT2D eigenvalue weighted by Gasteiger charge is -2.44. The lowest BCUT2D eigenvalue weighted by molar-refractivity contribution is -0.264. The van der Waals surface area contributed by atoms with E-state index < -0.39 is 42.2 Å². The van der Waals surface area contributed by atoms with Crippen LogP contribution in [0.25, 0.3) is 10.9 Å². The van der Waals surface area contributed by atoms with Crippen molar-refractivity contribution in [3.63, 3.8) is 0 Å². The summed E-state index contributed by atoms with van der Waals surface area (Å²) in [7, 11) is 0. The minimum atomic E-state index is -1.20. The largest absolute Gasteiger partial charge is 0.443 e. The average molecular weight is 650 g/mol. The Morgan fingerprint density at radius 2 is 1.25 bits per heavy atom. The van der Waals surface area contributed by atoms with Crippen LogP contribution in [0.2, 0.25) is 0 Å². The highest BCUT2D eigenvalue weighted by atomic mass is 16.6. The number of fused-ring (bicyclic) bond motifs is 1. The molecule has 1 N–H and O–H groups in total. The molecule has 0 radical (unpaired) electrons. The Labute approximate surface area is 281 Å².